The number of carbonyl (C=O) groups excluding carboxylic acids is 2. The van der Waals surface area contributed by atoms with Crippen LogP contribution < -0.4 is 0 Å². The Balaban J connectivity index is 3.57. The van der Waals surface area contributed by atoms with Crippen molar-refractivity contribution in [1.82, 2.24) is 0 Å². The van der Waals surface area contributed by atoms with Crippen molar-refractivity contribution in [3.8, 4) is 6.07 Å². The van der Waals surface area contributed by atoms with Gasteiger partial charge in [-0.2, -0.15) is 5.26 Å². The van der Waals surface area contributed by atoms with Gasteiger partial charge in [0.1, 0.15) is 0 Å². The van der Waals surface area contributed by atoms with Gasteiger partial charge in [0.15, 0.2) is 6.29 Å². The highest BCUT2D eigenvalue weighted by molar-refractivity contribution is 6.68. The van der Waals surface area contributed by atoms with E-state index in [0.717, 1.165) is 5.56 Å². The van der Waals surface area contributed by atoms with Gasteiger partial charge in [-0.3, -0.25) is 9.59 Å². The molecule has 70 valence electrons. The van der Waals surface area contributed by atoms with Crippen LogP contribution in [0.15, 0.2) is 12.1 Å². The summed E-state index contributed by atoms with van der Waals surface area (Å²) in [7, 11) is 0. The normalized spacial score (nSPS) is 9.21. The molecule has 0 heterocycles. The van der Waals surface area contributed by atoms with Crippen LogP contribution in [0.5, 0.6) is 0 Å². The van der Waals surface area contributed by atoms with Crippen LogP contribution in [0.2, 0.25) is 0 Å². The molecule has 0 aromatic heterocycles. The number of aldehydes is 1. The summed E-state index contributed by atoms with van der Waals surface area (Å²) >= 11 is 5.28. The lowest BCUT2D eigenvalue weighted by Gasteiger charge is -2.03. The van der Waals surface area contributed by atoms with E-state index in [2.05, 4.69) is 0 Å². The van der Waals surface area contributed by atoms with Gasteiger partial charge in [-0.05, 0) is 36.2 Å². The van der Waals surface area contributed by atoms with Crippen molar-refractivity contribution in [3.63, 3.8) is 0 Å². The van der Waals surface area contributed by atoms with Gasteiger partial charge >= 0.3 is 0 Å². The molecule has 14 heavy (non-hydrogen) atoms. The SMILES string of the molecule is Cc1cc(C#N)c(C=O)c(C(=O)Cl)c1. The minimum Gasteiger partial charge on any atom is -0.298 e. The molecule has 0 radical (unpaired) electrons. The fourth-order valence-electron chi connectivity index (χ4n) is 1.18. The molecular formula is C10H6ClNO2. The zero-order chi connectivity index (χ0) is 10.7. The van der Waals surface area contributed by atoms with E-state index in [9.17, 15) is 9.59 Å². The minimum atomic E-state index is -0.729. The first-order valence-corrected chi connectivity index (χ1v) is 4.17. The first-order chi connectivity index (χ1) is 6.60. The predicted octanol–water partition coefficient (Wildman–Crippen LogP) is 2.06. The summed E-state index contributed by atoms with van der Waals surface area (Å²) in [5, 5.41) is 7.99. The van der Waals surface area contributed by atoms with Gasteiger partial charge in [-0.1, -0.05) is 0 Å². The Kier molecular flexibility index (Phi) is 3.00. The molecule has 1 aromatic carbocycles. The summed E-state index contributed by atoms with van der Waals surface area (Å²) in [4.78, 5) is 21.6. The molecule has 0 bridgehead atoms. The number of halogens is 1. The summed E-state index contributed by atoms with van der Waals surface area (Å²) in [5.74, 6) is 0. The van der Waals surface area contributed by atoms with Gasteiger partial charge in [-0.25, -0.2) is 0 Å². The van der Waals surface area contributed by atoms with Gasteiger partial charge in [0, 0.05) is 11.1 Å². The molecule has 0 atom stereocenters. The lowest BCUT2D eigenvalue weighted by molar-refractivity contribution is 0.106. The molecule has 0 aliphatic carbocycles. The van der Waals surface area contributed by atoms with Crippen molar-refractivity contribution in [1.29, 1.82) is 5.26 Å². The van der Waals surface area contributed by atoms with E-state index >= 15 is 0 Å². The number of carbonyl (C=O) groups is 2. The quantitative estimate of drug-likeness (QED) is 0.551. The molecule has 1 rings (SSSR count). The molecule has 0 amide bonds. The van der Waals surface area contributed by atoms with Gasteiger partial charge in [0.05, 0.1) is 11.6 Å². The molecule has 0 aliphatic heterocycles. The maximum Gasteiger partial charge on any atom is 0.253 e. The molecule has 0 fully saturated rings. The topological polar surface area (TPSA) is 57.9 Å². The zero-order valence-corrected chi connectivity index (χ0v) is 8.13. The third kappa shape index (κ3) is 1.81. The smallest absolute Gasteiger partial charge is 0.253 e. The van der Waals surface area contributed by atoms with E-state index in [-0.39, 0.29) is 16.7 Å². The van der Waals surface area contributed by atoms with Gasteiger partial charge in [-0.15, -0.1) is 0 Å². The van der Waals surface area contributed by atoms with E-state index in [4.69, 9.17) is 16.9 Å². The molecule has 0 saturated heterocycles. The number of aryl methyl sites for hydroxylation is 1. The third-order valence-corrected chi connectivity index (χ3v) is 1.98. The van der Waals surface area contributed by atoms with E-state index in [1.807, 2.05) is 6.07 Å². The molecular weight excluding hydrogens is 202 g/mol. The monoisotopic (exact) mass is 207 g/mol. The predicted molar refractivity (Wildman–Crippen MR) is 51.5 cm³/mol. The van der Waals surface area contributed by atoms with Gasteiger partial charge in [0.2, 0.25) is 0 Å². The van der Waals surface area contributed by atoms with Crippen molar-refractivity contribution < 1.29 is 9.59 Å². The second-order valence-corrected chi connectivity index (χ2v) is 3.12. The van der Waals surface area contributed by atoms with Crippen LogP contribution in [-0.4, -0.2) is 11.5 Å². The summed E-state index contributed by atoms with van der Waals surface area (Å²) < 4.78 is 0. The number of hydrogen-bond acceptors (Lipinski definition) is 3. The summed E-state index contributed by atoms with van der Waals surface area (Å²) in [5.41, 5.74) is 1.02. The molecule has 3 nitrogen and oxygen atoms in total. The number of rotatable bonds is 2. The molecule has 0 unspecified atom stereocenters. The minimum absolute atomic E-state index is 0.0538. The number of benzene rings is 1. The Bertz CT molecular complexity index is 446. The van der Waals surface area contributed by atoms with Crippen LogP contribution in [0.25, 0.3) is 0 Å². The Labute approximate surface area is 85.9 Å². The largest absolute Gasteiger partial charge is 0.298 e. The van der Waals surface area contributed by atoms with Crippen molar-refractivity contribution >= 4 is 23.1 Å². The Hall–Kier alpha value is -1.66. The van der Waals surface area contributed by atoms with Crippen LogP contribution in [-0.2, 0) is 0 Å². The van der Waals surface area contributed by atoms with E-state index in [0.29, 0.717) is 6.29 Å². The van der Waals surface area contributed by atoms with Crippen molar-refractivity contribution in [3.05, 3.63) is 34.4 Å². The standard InChI is InChI=1S/C10H6ClNO2/c1-6-2-7(4-12)9(5-13)8(3-6)10(11)14/h2-3,5H,1H3. The third-order valence-electron chi connectivity index (χ3n) is 1.77. The van der Waals surface area contributed by atoms with Crippen molar-refractivity contribution in [2.45, 2.75) is 6.92 Å². The van der Waals surface area contributed by atoms with Crippen LogP contribution in [0, 0.1) is 18.3 Å². The second-order valence-electron chi connectivity index (χ2n) is 2.78. The summed E-state index contributed by atoms with van der Waals surface area (Å²) in [6.45, 7) is 1.72. The summed E-state index contributed by atoms with van der Waals surface area (Å²) in [6, 6.07) is 4.86. The van der Waals surface area contributed by atoms with Crippen LogP contribution in [0.1, 0.15) is 31.8 Å². The van der Waals surface area contributed by atoms with Crippen LogP contribution in [0.3, 0.4) is 0 Å². The molecule has 1 aromatic rings. The average Bonchev–Trinajstić information content (AvgIpc) is 2.16. The van der Waals surface area contributed by atoms with E-state index in [1.54, 1.807) is 6.92 Å². The van der Waals surface area contributed by atoms with Gasteiger partial charge in [0.25, 0.3) is 5.24 Å². The molecule has 0 N–H and O–H groups in total. The highest BCUT2D eigenvalue weighted by atomic mass is 35.5. The van der Waals surface area contributed by atoms with E-state index < -0.39 is 5.24 Å². The molecule has 0 spiro atoms. The van der Waals surface area contributed by atoms with E-state index in [1.165, 1.54) is 12.1 Å². The Morgan fingerprint density at radius 2 is 2.21 bits per heavy atom. The fraction of sp³-hybridized carbons (Fsp3) is 0.100. The maximum absolute atomic E-state index is 10.9. The highest BCUT2D eigenvalue weighted by Crippen LogP contribution is 2.17. The Morgan fingerprint density at radius 3 is 2.64 bits per heavy atom. The molecule has 0 saturated carbocycles. The number of hydrogen-bond donors (Lipinski definition) is 0. The van der Waals surface area contributed by atoms with Crippen molar-refractivity contribution in [2.24, 2.45) is 0 Å². The molecule has 4 heteroatoms. The van der Waals surface area contributed by atoms with Gasteiger partial charge < -0.3 is 0 Å². The first kappa shape index (κ1) is 10.4. The lowest BCUT2D eigenvalue weighted by atomic mass is 10.0. The average molecular weight is 208 g/mol. The van der Waals surface area contributed by atoms with Crippen LogP contribution in [0.4, 0.5) is 0 Å². The van der Waals surface area contributed by atoms with Crippen molar-refractivity contribution in [2.75, 3.05) is 0 Å². The summed E-state index contributed by atoms with van der Waals surface area (Å²) in [6.07, 6.45) is 0.466. The highest BCUT2D eigenvalue weighted by Gasteiger charge is 2.13. The first-order valence-electron chi connectivity index (χ1n) is 3.80. The molecule has 0 aliphatic rings. The van der Waals surface area contributed by atoms with Crippen LogP contribution >= 0.6 is 11.6 Å². The Morgan fingerprint density at radius 1 is 1.57 bits per heavy atom. The lowest BCUT2D eigenvalue weighted by Crippen LogP contribution is -2.00. The number of nitriles is 1. The maximum atomic E-state index is 10.9. The zero-order valence-electron chi connectivity index (χ0n) is 7.37. The fourth-order valence-corrected chi connectivity index (χ4v) is 1.34. The number of nitrogens with zero attached hydrogens (tertiary/aromatic N) is 1. The second kappa shape index (κ2) is 4.03.